The van der Waals surface area contributed by atoms with Crippen LogP contribution in [0.1, 0.15) is 19.8 Å². The molecule has 0 amide bonds. The zero-order chi connectivity index (χ0) is 9.68. The molecule has 0 radical (unpaired) electrons. The van der Waals surface area contributed by atoms with Crippen molar-refractivity contribution in [1.82, 2.24) is 10.2 Å². The maximum absolute atomic E-state index is 3.36. The van der Waals surface area contributed by atoms with Gasteiger partial charge in [0.1, 0.15) is 0 Å². The molecular formula is C10H22N2S. The SMILES string of the molecule is CNC1CCN(CC(C)SC)CC1. The molecule has 1 saturated heterocycles. The van der Waals surface area contributed by atoms with Crippen molar-refractivity contribution in [2.75, 3.05) is 32.9 Å². The molecule has 78 valence electrons. The second kappa shape index (κ2) is 5.89. The van der Waals surface area contributed by atoms with Crippen molar-refractivity contribution < 1.29 is 0 Å². The zero-order valence-electron chi connectivity index (χ0n) is 9.05. The van der Waals surface area contributed by atoms with Gasteiger partial charge in [-0.1, -0.05) is 6.92 Å². The fourth-order valence-corrected chi connectivity index (χ4v) is 2.20. The average molecular weight is 202 g/mol. The maximum Gasteiger partial charge on any atom is 0.0143 e. The van der Waals surface area contributed by atoms with Gasteiger partial charge in [-0.25, -0.2) is 0 Å². The van der Waals surface area contributed by atoms with E-state index >= 15 is 0 Å². The second-order valence-electron chi connectivity index (χ2n) is 3.91. The molecule has 1 unspecified atom stereocenters. The Morgan fingerprint density at radius 2 is 2.08 bits per heavy atom. The fraction of sp³-hybridized carbons (Fsp3) is 1.00. The summed E-state index contributed by atoms with van der Waals surface area (Å²) in [5.41, 5.74) is 0. The van der Waals surface area contributed by atoms with E-state index in [1.165, 1.54) is 32.5 Å². The molecule has 1 rings (SSSR count). The van der Waals surface area contributed by atoms with Crippen LogP contribution in [-0.4, -0.2) is 49.1 Å². The Bertz CT molecular complexity index is 133. The van der Waals surface area contributed by atoms with Crippen molar-refractivity contribution in [3.05, 3.63) is 0 Å². The number of nitrogens with zero attached hydrogens (tertiary/aromatic N) is 1. The highest BCUT2D eigenvalue weighted by atomic mass is 32.2. The Morgan fingerprint density at radius 3 is 2.54 bits per heavy atom. The van der Waals surface area contributed by atoms with Gasteiger partial charge >= 0.3 is 0 Å². The molecule has 1 aliphatic rings. The van der Waals surface area contributed by atoms with E-state index in [0.29, 0.717) is 0 Å². The monoisotopic (exact) mass is 202 g/mol. The predicted octanol–water partition coefficient (Wildman–Crippen LogP) is 1.42. The largest absolute Gasteiger partial charge is 0.317 e. The molecule has 13 heavy (non-hydrogen) atoms. The first-order chi connectivity index (χ1) is 6.26. The maximum atomic E-state index is 3.36. The molecule has 1 aliphatic heterocycles. The number of thioether (sulfide) groups is 1. The van der Waals surface area contributed by atoms with Crippen LogP contribution in [0.15, 0.2) is 0 Å². The van der Waals surface area contributed by atoms with E-state index in [-0.39, 0.29) is 0 Å². The normalized spacial score (nSPS) is 23.3. The predicted molar refractivity (Wildman–Crippen MR) is 61.5 cm³/mol. The number of piperidine rings is 1. The third kappa shape index (κ3) is 3.88. The Hall–Kier alpha value is 0.270. The minimum Gasteiger partial charge on any atom is -0.317 e. The molecule has 1 atom stereocenters. The summed E-state index contributed by atoms with van der Waals surface area (Å²) < 4.78 is 0. The van der Waals surface area contributed by atoms with Crippen LogP contribution in [-0.2, 0) is 0 Å². The minimum absolute atomic E-state index is 0.765. The number of rotatable bonds is 4. The van der Waals surface area contributed by atoms with Crippen molar-refractivity contribution >= 4 is 11.8 Å². The van der Waals surface area contributed by atoms with Gasteiger partial charge in [0, 0.05) is 17.8 Å². The summed E-state index contributed by atoms with van der Waals surface area (Å²) in [5, 5.41) is 4.14. The van der Waals surface area contributed by atoms with Crippen molar-refractivity contribution in [3.8, 4) is 0 Å². The lowest BCUT2D eigenvalue weighted by molar-refractivity contribution is 0.204. The summed E-state index contributed by atoms with van der Waals surface area (Å²) in [7, 11) is 2.07. The van der Waals surface area contributed by atoms with E-state index in [4.69, 9.17) is 0 Å². The Kier molecular flexibility index (Phi) is 5.14. The van der Waals surface area contributed by atoms with Gasteiger partial charge in [-0.2, -0.15) is 11.8 Å². The summed E-state index contributed by atoms with van der Waals surface area (Å²) >= 11 is 1.97. The van der Waals surface area contributed by atoms with E-state index in [9.17, 15) is 0 Å². The van der Waals surface area contributed by atoms with Crippen LogP contribution in [0.3, 0.4) is 0 Å². The van der Waals surface area contributed by atoms with Gasteiger partial charge in [-0.3, -0.25) is 0 Å². The van der Waals surface area contributed by atoms with Crippen molar-refractivity contribution in [3.63, 3.8) is 0 Å². The number of hydrogen-bond acceptors (Lipinski definition) is 3. The van der Waals surface area contributed by atoms with E-state index < -0.39 is 0 Å². The lowest BCUT2D eigenvalue weighted by Crippen LogP contribution is -2.43. The van der Waals surface area contributed by atoms with Crippen LogP contribution in [0, 0.1) is 0 Å². The highest BCUT2D eigenvalue weighted by molar-refractivity contribution is 7.99. The summed E-state index contributed by atoms with van der Waals surface area (Å²) in [6, 6.07) is 0.765. The zero-order valence-corrected chi connectivity index (χ0v) is 9.86. The van der Waals surface area contributed by atoms with Gasteiger partial charge in [0.2, 0.25) is 0 Å². The highest BCUT2D eigenvalue weighted by Gasteiger charge is 2.18. The highest BCUT2D eigenvalue weighted by Crippen LogP contribution is 2.13. The van der Waals surface area contributed by atoms with Gasteiger partial charge in [0.15, 0.2) is 0 Å². The second-order valence-corrected chi connectivity index (χ2v) is 5.19. The molecule has 0 aromatic rings. The van der Waals surface area contributed by atoms with Crippen molar-refractivity contribution in [2.24, 2.45) is 0 Å². The van der Waals surface area contributed by atoms with Crippen LogP contribution in [0.4, 0.5) is 0 Å². The third-order valence-corrected chi connectivity index (χ3v) is 3.87. The molecular weight excluding hydrogens is 180 g/mol. The van der Waals surface area contributed by atoms with Gasteiger partial charge in [-0.05, 0) is 39.2 Å². The Balaban J connectivity index is 2.17. The van der Waals surface area contributed by atoms with E-state index in [1.807, 2.05) is 11.8 Å². The molecule has 0 aliphatic carbocycles. The molecule has 3 heteroatoms. The standard InChI is InChI=1S/C10H22N2S/c1-9(13-3)8-12-6-4-10(11-2)5-7-12/h9-11H,4-8H2,1-3H3. The van der Waals surface area contributed by atoms with Gasteiger partial charge in [0.05, 0.1) is 0 Å². The molecule has 1 fully saturated rings. The molecule has 1 heterocycles. The van der Waals surface area contributed by atoms with Crippen LogP contribution in [0.25, 0.3) is 0 Å². The van der Waals surface area contributed by atoms with E-state index in [2.05, 4.69) is 30.4 Å². The Morgan fingerprint density at radius 1 is 1.46 bits per heavy atom. The first-order valence-corrected chi connectivity index (χ1v) is 6.47. The quantitative estimate of drug-likeness (QED) is 0.742. The lowest BCUT2D eigenvalue weighted by Gasteiger charge is -2.33. The summed E-state index contributed by atoms with van der Waals surface area (Å²) in [6.07, 6.45) is 4.83. The fourth-order valence-electron chi connectivity index (χ4n) is 1.84. The summed E-state index contributed by atoms with van der Waals surface area (Å²) in [5.74, 6) is 0. The smallest absolute Gasteiger partial charge is 0.0143 e. The minimum atomic E-state index is 0.765. The number of hydrogen-bond donors (Lipinski definition) is 1. The van der Waals surface area contributed by atoms with Crippen molar-refractivity contribution in [2.45, 2.75) is 31.1 Å². The summed E-state index contributed by atoms with van der Waals surface area (Å²) in [6.45, 7) is 6.12. The van der Waals surface area contributed by atoms with Gasteiger partial charge < -0.3 is 10.2 Å². The summed E-state index contributed by atoms with van der Waals surface area (Å²) in [4.78, 5) is 2.59. The topological polar surface area (TPSA) is 15.3 Å². The van der Waals surface area contributed by atoms with Crippen LogP contribution < -0.4 is 5.32 Å². The average Bonchev–Trinajstić information content (AvgIpc) is 2.19. The van der Waals surface area contributed by atoms with E-state index in [1.54, 1.807) is 0 Å². The molecule has 0 spiro atoms. The third-order valence-electron chi connectivity index (χ3n) is 2.91. The molecule has 0 saturated carbocycles. The first-order valence-electron chi connectivity index (χ1n) is 5.18. The number of nitrogens with one attached hydrogen (secondary N) is 1. The van der Waals surface area contributed by atoms with Gasteiger partial charge in [0.25, 0.3) is 0 Å². The van der Waals surface area contributed by atoms with Crippen LogP contribution >= 0.6 is 11.8 Å². The molecule has 2 nitrogen and oxygen atoms in total. The molecule has 1 N–H and O–H groups in total. The Labute approximate surface area is 86.5 Å². The van der Waals surface area contributed by atoms with Crippen LogP contribution in [0.5, 0.6) is 0 Å². The van der Waals surface area contributed by atoms with Gasteiger partial charge in [-0.15, -0.1) is 0 Å². The van der Waals surface area contributed by atoms with Crippen molar-refractivity contribution in [1.29, 1.82) is 0 Å². The molecule has 0 aromatic heterocycles. The first kappa shape index (κ1) is 11.3. The molecule has 0 bridgehead atoms. The van der Waals surface area contributed by atoms with E-state index in [0.717, 1.165) is 11.3 Å². The molecule has 0 aromatic carbocycles. The van der Waals surface area contributed by atoms with Crippen LogP contribution in [0.2, 0.25) is 0 Å². The number of likely N-dealkylation sites (tertiary alicyclic amines) is 1. The lowest BCUT2D eigenvalue weighted by atomic mass is 10.1.